The van der Waals surface area contributed by atoms with E-state index in [9.17, 15) is 18.0 Å². The second-order valence-electron chi connectivity index (χ2n) is 7.56. The van der Waals surface area contributed by atoms with Gasteiger partial charge in [0.1, 0.15) is 6.04 Å². The number of aromatic nitrogens is 1. The zero-order chi connectivity index (χ0) is 24.1. The minimum Gasteiger partial charge on any atom is -0.361 e. The maximum Gasteiger partial charge on any atom is 0.274 e. The van der Waals surface area contributed by atoms with Crippen LogP contribution in [-0.2, 0) is 21.2 Å². The highest BCUT2D eigenvalue weighted by atomic mass is 32.2. The van der Waals surface area contributed by atoms with Gasteiger partial charge in [0.05, 0.1) is 4.90 Å². The van der Waals surface area contributed by atoms with Crippen LogP contribution in [0.3, 0.4) is 0 Å². The fourth-order valence-corrected chi connectivity index (χ4v) is 4.82. The lowest BCUT2D eigenvalue weighted by atomic mass is 10.0. The summed E-state index contributed by atoms with van der Waals surface area (Å²) in [4.78, 5) is 27.8. The van der Waals surface area contributed by atoms with E-state index >= 15 is 0 Å². The number of hydrogen-bond acceptors (Lipinski definition) is 5. The molecule has 1 aromatic heterocycles. The molecule has 34 heavy (non-hydrogen) atoms. The number of aromatic amines is 1. The predicted octanol–water partition coefficient (Wildman–Crippen LogP) is 2.82. The van der Waals surface area contributed by atoms with Crippen LogP contribution >= 0.6 is 0 Å². The van der Waals surface area contributed by atoms with Crippen molar-refractivity contribution >= 4 is 38.4 Å². The molecule has 0 saturated heterocycles. The number of carbonyl (C=O) groups is 2. The molecule has 0 unspecified atom stereocenters. The molecule has 0 aliphatic carbocycles. The molecule has 0 bridgehead atoms. The summed E-state index contributed by atoms with van der Waals surface area (Å²) in [5.41, 5.74) is 3.58. The fraction of sp³-hybridized carbons (Fsp3) is 0.0833. The van der Waals surface area contributed by atoms with E-state index in [0.717, 1.165) is 22.5 Å². The number of hydroxylamine groups is 1. The maximum absolute atomic E-state index is 13.2. The summed E-state index contributed by atoms with van der Waals surface area (Å²) < 4.78 is 28.8. The quantitative estimate of drug-likeness (QED) is 0.196. The summed E-state index contributed by atoms with van der Waals surface area (Å²) in [5.74, 6) is -1.39. The fourth-order valence-electron chi connectivity index (χ4n) is 3.58. The molecular weight excluding hydrogens is 456 g/mol. The zero-order valence-corrected chi connectivity index (χ0v) is 18.7. The van der Waals surface area contributed by atoms with Crippen molar-refractivity contribution in [1.82, 2.24) is 15.2 Å². The molecule has 0 saturated carbocycles. The van der Waals surface area contributed by atoms with E-state index in [0.29, 0.717) is 5.69 Å². The van der Waals surface area contributed by atoms with Crippen LogP contribution in [0.2, 0.25) is 0 Å². The van der Waals surface area contributed by atoms with E-state index < -0.39 is 27.9 Å². The van der Waals surface area contributed by atoms with Crippen molar-refractivity contribution in [3.63, 3.8) is 0 Å². The number of amides is 2. The molecule has 174 valence electrons. The number of hydrogen-bond donors (Lipinski definition) is 5. The van der Waals surface area contributed by atoms with Gasteiger partial charge in [0.2, 0.25) is 15.9 Å². The SMILES string of the molecule is O=C(NO)c1cccc(S(=O)(=O)N[C@@H](Cc2c[nH]c3ccccc23)C(=O)Nc2ccccc2)c1. The average molecular weight is 479 g/mol. The number of nitrogens with one attached hydrogen (secondary N) is 4. The molecule has 4 aromatic rings. The molecule has 1 heterocycles. The number of sulfonamides is 1. The zero-order valence-electron chi connectivity index (χ0n) is 17.9. The molecule has 9 nitrogen and oxygen atoms in total. The number of benzene rings is 3. The van der Waals surface area contributed by atoms with Crippen molar-refractivity contribution in [2.45, 2.75) is 17.4 Å². The standard InChI is InChI=1S/C24H22N4O5S/c29-23(27-31)16-7-6-10-19(13-16)34(32,33)28-22(24(30)26-18-8-2-1-3-9-18)14-17-15-25-21-12-5-4-11-20(17)21/h1-13,15,22,25,28,31H,14H2,(H,26,30)(H,27,29)/t22-/m0/s1. The first-order chi connectivity index (χ1) is 16.4. The molecule has 0 fully saturated rings. The minimum atomic E-state index is -4.20. The Morgan fingerprint density at radius 1 is 0.941 bits per heavy atom. The normalized spacial score (nSPS) is 12.3. The first kappa shape index (κ1) is 23.2. The summed E-state index contributed by atoms with van der Waals surface area (Å²) in [6.07, 6.45) is 1.83. The van der Waals surface area contributed by atoms with E-state index in [4.69, 9.17) is 5.21 Å². The molecule has 3 aromatic carbocycles. The number of rotatable bonds is 8. The second kappa shape index (κ2) is 9.87. The second-order valence-corrected chi connectivity index (χ2v) is 9.28. The van der Waals surface area contributed by atoms with Crippen molar-refractivity contribution in [2.75, 3.05) is 5.32 Å². The Bertz CT molecular complexity index is 1430. The van der Waals surface area contributed by atoms with Crippen LogP contribution in [0.5, 0.6) is 0 Å². The van der Waals surface area contributed by atoms with Crippen molar-refractivity contribution in [3.8, 4) is 0 Å². The van der Waals surface area contributed by atoms with Gasteiger partial charge in [-0.05, 0) is 48.4 Å². The van der Waals surface area contributed by atoms with Crippen molar-refractivity contribution < 1.29 is 23.2 Å². The van der Waals surface area contributed by atoms with Gasteiger partial charge in [0, 0.05) is 28.4 Å². The third-order valence-corrected chi connectivity index (χ3v) is 6.73. The van der Waals surface area contributed by atoms with Crippen LogP contribution in [0.25, 0.3) is 10.9 Å². The predicted molar refractivity (Wildman–Crippen MR) is 127 cm³/mol. The third kappa shape index (κ3) is 5.15. The topological polar surface area (TPSA) is 140 Å². The molecule has 10 heteroatoms. The summed E-state index contributed by atoms with van der Waals surface area (Å²) in [5, 5.41) is 12.5. The van der Waals surface area contributed by atoms with E-state index in [1.807, 2.05) is 24.3 Å². The summed E-state index contributed by atoms with van der Waals surface area (Å²) in [6.45, 7) is 0. The lowest BCUT2D eigenvalue weighted by Gasteiger charge is -2.19. The monoisotopic (exact) mass is 478 g/mol. The molecule has 5 N–H and O–H groups in total. The number of para-hydroxylation sites is 2. The Balaban J connectivity index is 1.66. The van der Waals surface area contributed by atoms with Gasteiger partial charge in [0.25, 0.3) is 5.91 Å². The van der Waals surface area contributed by atoms with Gasteiger partial charge in [0.15, 0.2) is 0 Å². The molecule has 1 atom stereocenters. The minimum absolute atomic E-state index is 0.0488. The van der Waals surface area contributed by atoms with E-state index in [1.165, 1.54) is 23.7 Å². The number of fused-ring (bicyclic) bond motifs is 1. The van der Waals surface area contributed by atoms with Crippen molar-refractivity contribution in [1.29, 1.82) is 0 Å². The Kier molecular flexibility index (Phi) is 6.73. The van der Waals surface area contributed by atoms with Crippen LogP contribution in [-0.4, -0.2) is 36.5 Å². The van der Waals surface area contributed by atoms with Gasteiger partial charge >= 0.3 is 0 Å². The third-order valence-electron chi connectivity index (χ3n) is 5.26. The molecule has 2 amide bonds. The lowest BCUT2D eigenvalue weighted by Crippen LogP contribution is -2.45. The summed E-state index contributed by atoms with van der Waals surface area (Å²) in [7, 11) is -4.20. The smallest absolute Gasteiger partial charge is 0.274 e. The number of H-pyrrole nitrogens is 1. The molecule has 0 aliphatic heterocycles. The van der Waals surface area contributed by atoms with E-state index in [1.54, 1.807) is 36.5 Å². The van der Waals surface area contributed by atoms with Gasteiger partial charge in [-0.2, -0.15) is 4.72 Å². The Hall–Kier alpha value is -3.99. The Labute approximate surface area is 195 Å². The van der Waals surface area contributed by atoms with Crippen LogP contribution < -0.4 is 15.5 Å². The first-order valence-corrected chi connectivity index (χ1v) is 11.8. The first-order valence-electron chi connectivity index (χ1n) is 10.3. The van der Waals surface area contributed by atoms with Gasteiger partial charge in [-0.25, -0.2) is 13.9 Å². The van der Waals surface area contributed by atoms with Crippen molar-refractivity contribution in [3.05, 3.63) is 96.2 Å². The summed E-state index contributed by atoms with van der Waals surface area (Å²) >= 11 is 0. The van der Waals surface area contributed by atoms with E-state index in [-0.39, 0.29) is 16.9 Å². The molecular formula is C24H22N4O5S. The van der Waals surface area contributed by atoms with E-state index in [2.05, 4.69) is 15.0 Å². The maximum atomic E-state index is 13.2. The van der Waals surface area contributed by atoms with Crippen LogP contribution in [0.4, 0.5) is 5.69 Å². The highest BCUT2D eigenvalue weighted by Crippen LogP contribution is 2.21. The van der Waals surface area contributed by atoms with Crippen LogP contribution in [0, 0.1) is 0 Å². The van der Waals surface area contributed by atoms with Gasteiger partial charge in [-0.15, -0.1) is 0 Å². The molecule has 0 radical (unpaired) electrons. The van der Waals surface area contributed by atoms with Crippen molar-refractivity contribution in [2.24, 2.45) is 0 Å². The van der Waals surface area contributed by atoms with Gasteiger partial charge < -0.3 is 10.3 Å². The number of carbonyl (C=O) groups excluding carboxylic acids is 2. The lowest BCUT2D eigenvalue weighted by molar-refractivity contribution is -0.117. The largest absolute Gasteiger partial charge is 0.361 e. The van der Waals surface area contributed by atoms with Crippen LogP contribution in [0.15, 0.2) is 90.0 Å². The Morgan fingerprint density at radius 3 is 2.44 bits per heavy atom. The average Bonchev–Trinajstić information content (AvgIpc) is 3.26. The van der Waals surface area contributed by atoms with Gasteiger partial charge in [-0.3, -0.25) is 14.8 Å². The molecule has 0 spiro atoms. The highest BCUT2D eigenvalue weighted by Gasteiger charge is 2.27. The molecule has 4 rings (SSSR count). The Morgan fingerprint density at radius 2 is 1.68 bits per heavy atom. The molecule has 0 aliphatic rings. The highest BCUT2D eigenvalue weighted by molar-refractivity contribution is 7.89. The van der Waals surface area contributed by atoms with Gasteiger partial charge in [-0.1, -0.05) is 42.5 Å². The number of anilines is 1. The van der Waals surface area contributed by atoms with Crippen LogP contribution in [0.1, 0.15) is 15.9 Å². The summed E-state index contributed by atoms with van der Waals surface area (Å²) in [6, 6.07) is 20.2.